The van der Waals surface area contributed by atoms with Gasteiger partial charge in [0.2, 0.25) is 0 Å². The molecule has 13 rings (SSSR count). The summed E-state index contributed by atoms with van der Waals surface area (Å²) in [6.45, 7) is 29.6. The first kappa shape index (κ1) is 42.8. The molecule has 4 heteroatoms. The predicted molar refractivity (Wildman–Crippen MR) is 297 cm³/mol. The van der Waals surface area contributed by atoms with E-state index in [1.165, 1.54) is 142 Å². The second kappa shape index (κ2) is 13.7. The highest BCUT2D eigenvalue weighted by molar-refractivity contribution is 7.26. The summed E-state index contributed by atoms with van der Waals surface area (Å²) in [5, 5.41) is 5.46. The van der Waals surface area contributed by atoms with Gasteiger partial charge in [0.15, 0.2) is 0 Å². The van der Waals surface area contributed by atoms with E-state index in [2.05, 4.69) is 208 Å². The third kappa shape index (κ3) is 5.65. The van der Waals surface area contributed by atoms with Crippen LogP contribution in [0.25, 0.3) is 53.2 Å². The average molecular weight is 907 g/mol. The molecule has 0 N–H and O–H groups in total. The predicted octanol–water partition coefficient (Wildman–Crippen LogP) is 16.8. The quantitative estimate of drug-likeness (QED) is 0.160. The van der Waals surface area contributed by atoms with Gasteiger partial charge in [-0.3, -0.25) is 0 Å². The summed E-state index contributed by atoms with van der Waals surface area (Å²) in [6.07, 6.45) is 7.36. The monoisotopic (exact) mass is 907 g/mol. The van der Waals surface area contributed by atoms with Crippen LogP contribution in [0.15, 0.2) is 115 Å². The van der Waals surface area contributed by atoms with E-state index in [9.17, 15) is 0 Å². The third-order valence-corrected chi connectivity index (χ3v) is 19.7. The molecule has 0 radical (unpaired) electrons. The molecule has 2 unspecified atom stereocenters. The molecule has 342 valence electrons. The molecular weight excluding hydrogens is 840 g/mol. The number of fused-ring (bicyclic) bond motifs is 13. The lowest BCUT2D eigenvalue weighted by Crippen LogP contribution is -2.70. The van der Waals surface area contributed by atoms with Crippen LogP contribution in [0.3, 0.4) is 0 Å². The molecule has 2 nitrogen and oxygen atoms in total. The molecule has 0 bridgehead atoms. The smallest absolute Gasteiger partial charge is 0.329 e. The van der Waals surface area contributed by atoms with Crippen LogP contribution >= 0.6 is 11.3 Å². The Labute approximate surface area is 409 Å². The molecule has 8 aromatic rings. The highest BCUT2D eigenvalue weighted by Crippen LogP contribution is 2.64. The highest BCUT2D eigenvalue weighted by atomic mass is 32.1. The number of anilines is 4. The van der Waals surface area contributed by atoms with E-state index >= 15 is 0 Å². The summed E-state index contributed by atoms with van der Waals surface area (Å²) in [7, 11) is 0. The summed E-state index contributed by atoms with van der Waals surface area (Å²) in [6, 6.07) is 46.4. The molecule has 2 aliphatic carbocycles. The minimum absolute atomic E-state index is 0.00365. The van der Waals surface area contributed by atoms with Crippen molar-refractivity contribution in [1.82, 2.24) is 0 Å². The lowest BCUT2D eigenvalue weighted by atomic mass is 9.42. The summed E-state index contributed by atoms with van der Waals surface area (Å²) in [4.78, 5) is 5.77. The Morgan fingerprint density at radius 3 is 1.91 bits per heavy atom. The van der Waals surface area contributed by atoms with Gasteiger partial charge in [0, 0.05) is 59.3 Å². The maximum absolute atomic E-state index is 3.03. The van der Waals surface area contributed by atoms with Gasteiger partial charge in [-0.2, -0.15) is 0 Å². The molecule has 5 aliphatic rings. The molecule has 68 heavy (non-hydrogen) atoms. The molecule has 3 aliphatic heterocycles. The van der Waals surface area contributed by atoms with Gasteiger partial charge in [0.1, 0.15) is 0 Å². The van der Waals surface area contributed by atoms with E-state index in [0.29, 0.717) is 0 Å². The molecule has 7 aromatic carbocycles. The number of hydrogen-bond acceptors (Lipinski definition) is 3. The fraction of sp³-hybridized carbons (Fsp3) is 0.375. The Bertz CT molecular complexity index is 3490. The Balaban J connectivity index is 1.20. The van der Waals surface area contributed by atoms with Crippen molar-refractivity contribution < 1.29 is 0 Å². The van der Waals surface area contributed by atoms with Crippen molar-refractivity contribution in [3.63, 3.8) is 0 Å². The van der Waals surface area contributed by atoms with Crippen LogP contribution in [0.1, 0.15) is 149 Å². The molecule has 2 atom stereocenters. The van der Waals surface area contributed by atoms with Crippen molar-refractivity contribution in [3.8, 4) is 22.3 Å². The van der Waals surface area contributed by atoms with Gasteiger partial charge in [0.05, 0.1) is 5.69 Å². The van der Waals surface area contributed by atoms with Crippen molar-refractivity contribution in [1.29, 1.82) is 0 Å². The second-order valence-corrected chi connectivity index (χ2v) is 26.6. The topological polar surface area (TPSA) is 6.48 Å². The number of nitrogens with zero attached hydrogens (tertiary/aromatic N) is 2. The van der Waals surface area contributed by atoms with Crippen molar-refractivity contribution >= 4 is 82.8 Å². The van der Waals surface area contributed by atoms with Gasteiger partial charge >= 0.3 is 6.85 Å². The van der Waals surface area contributed by atoms with E-state index in [1.54, 1.807) is 11.1 Å². The molecule has 1 fully saturated rings. The van der Waals surface area contributed by atoms with Crippen molar-refractivity contribution in [2.24, 2.45) is 0 Å². The molecule has 4 heterocycles. The zero-order valence-electron chi connectivity index (χ0n) is 42.6. The number of hydrogen-bond donors (Lipinski definition) is 0. The average Bonchev–Trinajstić information content (AvgIpc) is 3.76. The molecule has 0 spiro atoms. The fourth-order valence-electron chi connectivity index (χ4n) is 14.2. The molecule has 1 saturated carbocycles. The maximum atomic E-state index is 3.03. The molecule has 0 amide bonds. The van der Waals surface area contributed by atoms with Gasteiger partial charge in [-0.1, -0.05) is 156 Å². The third-order valence-electron chi connectivity index (χ3n) is 18.5. The summed E-state index contributed by atoms with van der Waals surface area (Å²) < 4.78 is 2.82. The van der Waals surface area contributed by atoms with E-state index in [-0.39, 0.29) is 39.5 Å². The largest absolute Gasteiger partial charge is 0.400 e. The van der Waals surface area contributed by atoms with Gasteiger partial charge in [-0.05, 0) is 163 Å². The number of thiophene rings is 1. The molecular formula is C64H67BN2S. The first-order valence-electron chi connectivity index (χ1n) is 25.8. The normalized spacial score (nSPS) is 22.0. The van der Waals surface area contributed by atoms with Crippen molar-refractivity contribution in [3.05, 3.63) is 143 Å². The van der Waals surface area contributed by atoms with E-state index in [4.69, 9.17) is 0 Å². The fourth-order valence-corrected chi connectivity index (χ4v) is 15.3. The summed E-state index contributed by atoms with van der Waals surface area (Å²) in [5.41, 5.74) is 21.3. The molecule has 1 aromatic heterocycles. The van der Waals surface area contributed by atoms with Crippen LogP contribution in [-0.4, -0.2) is 12.4 Å². The number of rotatable bonds is 2. The Kier molecular flexibility index (Phi) is 8.63. The van der Waals surface area contributed by atoms with E-state index in [0.717, 1.165) is 0 Å². The minimum Gasteiger partial charge on any atom is -0.400 e. The van der Waals surface area contributed by atoms with E-state index < -0.39 is 0 Å². The van der Waals surface area contributed by atoms with Crippen LogP contribution in [0.5, 0.6) is 0 Å². The lowest BCUT2D eigenvalue weighted by Gasteiger charge is -2.55. The van der Waals surface area contributed by atoms with Crippen LogP contribution in [-0.2, 0) is 27.1 Å². The Morgan fingerprint density at radius 2 is 1.18 bits per heavy atom. The summed E-state index contributed by atoms with van der Waals surface area (Å²) >= 11 is 2.02. The molecule has 0 saturated heterocycles. The minimum atomic E-state index is -0.0710. The summed E-state index contributed by atoms with van der Waals surface area (Å²) in [5.74, 6) is 0. The first-order valence-corrected chi connectivity index (χ1v) is 26.6. The second-order valence-electron chi connectivity index (χ2n) is 25.5. The van der Waals surface area contributed by atoms with Gasteiger partial charge in [0.25, 0.3) is 0 Å². The SMILES string of the molecule is CC(C)(C)c1ccc(N2c3cc4c(cc3B3c5c2cc2ccccc2c5-c2cc(C(C)(C)C)cc5c2N3C2(C)CCCCC52C)sc2cc3c(cc24)C(C)(C)CCC3(C)C)c(-c2ccccc2)c1. The van der Waals surface area contributed by atoms with Gasteiger partial charge < -0.3 is 9.71 Å². The number of benzene rings is 7. The van der Waals surface area contributed by atoms with Crippen LogP contribution in [0.4, 0.5) is 22.7 Å². The van der Waals surface area contributed by atoms with Gasteiger partial charge in [-0.25, -0.2) is 0 Å². The van der Waals surface area contributed by atoms with Crippen molar-refractivity contribution in [2.75, 3.05) is 9.71 Å². The van der Waals surface area contributed by atoms with Crippen LogP contribution < -0.4 is 20.6 Å². The highest BCUT2D eigenvalue weighted by Gasteiger charge is 2.63. The van der Waals surface area contributed by atoms with Gasteiger partial charge in [-0.15, -0.1) is 11.3 Å². The lowest BCUT2D eigenvalue weighted by molar-refractivity contribution is 0.199. The van der Waals surface area contributed by atoms with Crippen molar-refractivity contribution in [2.45, 2.75) is 154 Å². The van der Waals surface area contributed by atoms with E-state index in [1.807, 2.05) is 11.3 Å². The Morgan fingerprint density at radius 1 is 0.529 bits per heavy atom. The Hall–Kier alpha value is -5.32. The van der Waals surface area contributed by atoms with Crippen LogP contribution in [0, 0.1) is 0 Å². The first-order chi connectivity index (χ1) is 32.2. The zero-order chi connectivity index (χ0) is 47.2. The standard InChI is InChI=1S/C64H67BN2S/c1-59(2,3)40-24-25-51(43(31-40)38-20-14-13-15-21-38)66-52-35-45-44-34-47-48(62(9,10)29-28-61(47,7)8)36-54(44)68-55(45)37-50(52)65-57-53(66)30-39-22-16-17-23-42(39)56(57)46-32-41(60(4,5)6)33-49-58(46)67(65)64(12)27-19-18-26-63(49,64)11/h13-17,20-25,30-37H,18-19,26-29H2,1-12H3. The zero-order valence-corrected chi connectivity index (χ0v) is 43.4. The van der Waals surface area contributed by atoms with Crippen LogP contribution in [0.2, 0.25) is 0 Å². The maximum Gasteiger partial charge on any atom is 0.329 e.